The van der Waals surface area contributed by atoms with Gasteiger partial charge in [0.2, 0.25) is 5.91 Å². The molecular formula is C17H28N2O3. The minimum absolute atomic E-state index is 0.102. The van der Waals surface area contributed by atoms with Crippen molar-refractivity contribution in [2.24, 2.45) is 0 Å². The second-order valence-corrected chi connectivity index (χ2v) is 6.69. The number of nitrogens with zero attached hydrogens (tertiary/aromatic N) is 1. The van der Waals surface area contributed by atoms with Gasteiger partial charge in [-0.2, -0.15) is 0 Å². The van der Waals surface area contributed by atoms with Crippen molar-refractivity contribution >= 4 is 11.6 Å². The zero-order valence-corrected chi connectivity index (χ0v) is 14.2. The van der Waals surface area contributed by atoms with E-state index in [2.05, 4.69) is 5.32 Å². The Labute approximate surface area is 133 Å². The van der Waals surface area contributed by atoms with E-state index in [1.54, 1.807) is 11.9 Å². The van der Waals surface area contributed by atoms with Gasteiger partial charge in [-0.15, -0.1) is 0 Å². The monoisotopic (exact) mass is 308 g/mol. The Morgan fingerprint density at radius 3 is 2.45 bits per heavy atom. The molecule has 0 aliphatic heterocycles. The summed E-state index contributed by atoms with van der Waals surface area (Å²) in [7, 11) is 1.80. The minimum atomic E-state index is -0.614. The number of hydrogen-bond donors (Lipinski definition) is 2. The summed E-state index contributed by atoms with van der Waals surface area (Å²) in [5.74, 6) is -0.102. The van der Waals surface area contributed by atoms with Gasteiger partial charge in [-0.3, -0.25) is 9.69 Å². The molecule has 1 aromatic carbocycles. The summed E-state index contributed by atoms with van der Waals surface area (Å²) in [6.45, 7) is 8.70. The maximum absolute atomic E-state index is 11.9. The maximum atomic E-state index is 11.9. The molecule has 0 saturated carbocycles. The Hall–Kier alpha value is -1.43. The molecule has 0 heterocycles. The molecule has 0 aliphatic rings. The van der Waals surface area contributed by atoms with E-state index >= 15 is 0 Å². The lowest BCUT2D eigenvalue weighted by atomic mass is 10.2. The van der Waals surface area contributed by atoms with E-state index in [-0.39, 0.29) is 24.7 Å². The van der Waals surface area contributed by atoms with E-state index in [0.717, 1.165) is 11.3 Å². The van der Waals surface area contributed by atoms with Crippen LogP contribution in [0, 0.1) is 6.92 Å². The fourth-order valence-corrected chi connectivity index (χ4v) is 1.91. The van der Waals surface area contributed by atoms with Gasteiger partial charge in [-0.05, 0) is 46.9 Å². The van der Waals surface area contributed by atoms with Crippen LogP contribution in [0.3, 0.4) is 0 Å². The number of nitrogens with one attached hydrogen (secondary N) is 1. The molecule has 1 amide bonds. The van der Waals surface area contributed by atoms with E-state index in [0.29, 0.717) is 6.54 Å². The molecular weight excluding hydrogens is 280 g/mol. The van der Waals surface area contributed by atoms with Crippen LogP contribution in [-0.4, -0.2) is 54.4 Å². The van der Waals surface area contributed by atoms with Crippen molar-refractivity contribution in [3.8, 4) is 0 Å². The third-order valence-electron chi connectivity index (χ3n) is 2.98. The number of amides is 1. The van der Waals surface area contributed by atoms with Crippen molar-refractivity contribution < 1.29 is 14.6 Å². The number of aliphatic hydroxyl groups excluding tert-OH is 1. The zero-order chi connectivity index (χ0) is 16.8. The highest BCUT2D eigenvalue weighted by molar-refractivity contribution is 5.92. The largest absolute Gasteiger partial charge is 0.389 e. The Kier molecular flexibility index (Phi) is 7.00. The summed E-state index contributed by atoms with van der Waals surface area (Å²) in [4.78, 5) is 13.7. The quantitative estimate of drug-likeness (QED) is 0.809. The summed E-state index contributed by atoms with van der Waals surface area (Å²) in [5.41, 5.74) is 1.65. The van der Waals surface area contributed by atoms with Crippen molar-refractivity contribution in [3.05, 3.63) is 29.8 Å². The molecule has 5 nitrogen and oxygen atoms in total. The number of anilines is 1. The molecule has 0 saturated heterocycles. The van der Waals surface area contributed by atoms with Gasteiger partial charge in [0.1, 0.15) is 0 Å². The van der Waals surface area contributed by atoms with Crippen LogP contribution in [-0.2, 0) is 9.53 Å². The lowest BCUT2D eigenvalue weighted by Gasteiger charge is -2.24. The van der Waals surface area contributed by atoms with Gasteiger partial charge in [-0.25, -0.2) is 0 Å². The van der Waals surface area contributed by atoms with Gasteiger partial charge in [-0.1, -0.05) is 17.7 Å². The first-order chi connectivity index (χ1) is 10.2. The summed E-state index contributed by atoms with van der Waals surface area (Å²) in [5, 5.41) is 12.8. The van der Waals surface area contributed by atoms with Crippen molar-refractivity contribution in [1.29, 1.82) is 0 Å². The molecule has 1 aromatic rings. The van der Waals surface area contributed by atoms with Crippen LogP contribution in [0.4, 0.5) is 5.69 Å². The molecule has 5 heteroatoms. The van der Waals surface area contributed by atoms with E-state index in [9.17, 15) is 9.90 Å². The molecule has 0 radical (unpaired) electrons. The molecule has 1 unspecified atom stereocenters. The van der Waals surface area contributed by atoms with Gasteiger partial charge in [0.25, 0.3) is 0 Å². The van der Waals surface area contributed by atoms with Crippen LogP contribution in [0.1, 0.15) is 26.3 Å². The lowest BCUT2D eigenvalue weighted by Crippen LogP contribution is -2.38. The fraction of sp³-hybridized carbons (Fsp3) is 0.588. The number of carbonyl (C=O) groups is 1. The number of carbonyl (C=O) groups excluding carboxylic acids is 1. The summed E-state index contributed by atoms with van der Waals surface area (Å²) in [6, 6.07) is 7.65. The number of aryl methyl sites for hydroxylation is 1. The normalized spacial score (nSPS) is 13.2. The van der Waals surface area contributed by atoms with Crippen LogP contribution in [0.2, 0.25) is 0 Å². The molecule has 0 bridgehead atoms. The summed E-state index contributed by atoms with van der Waals surface area (Å²) in [6.07, 6.45) is -0.614. The SMILES string of the molecule is Cc1ccc(NC(=O)CN(C)CC(O)COC(C)(C)C)cc1. The molecule has 1 atom stereocenters. The van der Waals surface area contributed by atoms with Crippen molar-refractivity contribution in [1.82, 2.24) is 4.90 Å². The smallest absolute Gasteiger partial charge is 0.238 e. The Bertz CT molecular complexity index is 466. The van der Waals surface area contributed by atoms with Gasteiger partial charge in [0.05, 0.1) is 24.9 Å². The molecule has 0 aliphatic carbocycles. The number of ether oxygens (including phenoxy) is 1. The summed E-state index contributed by atoms with van der Waals surface area (Å²) >= 11 is 0. The summed E-state index contributed by atoms with van der Waals surface area (Å²) < 4.78 is 5.53. The van der Waals surface area contributed by atoms with E-state index in [1.807, 2.05) is 52.0 Å². The molecule has 2 N–H and O–H groups in total. The predicted octanol–water partition coefficient (Wildman–Crippen LogP) is 2.04. The van der Waals surface area contributed by atoms with Gasteiger partial charge < -0.3 is 15.2 Å². The highest BCUT2D eigenvalue weighted by Crippen LogP contribution is 2.09. The average Bonchev–Trinajstić information content (AvgIpc) is 2.38. The zero-order valence-electron chi connectivity index (χ0n) is 14.2. The molecule has 124 valence electrons. The third kappa shape index (κ3) is 8.12. The Morgan fingerprint density at radius 2 is 1.91 bits per heavy atom. The van der Waals surface area contributed by atoms with Gasteiger partial charge in [0, 0.05) is 12.2 Å². The Balaban J connectivity index is 2.33. The minimum Gasteiger partial charge on any atom is -0.389 e. The number of benzene rings is 1. The maximum Gasteiger partial charge on any atom is 0.238 e. The first-order valence-electron chi connectivity index (χ1n) is 7.53. The first kappa shape index (κ1) is 18.6. The highest BCUT2D eigenvalue weighted by atomic mass is 16.5. The topological polar surface area (TPSA) is 61.8 Å². The van der Waals surface area contributed by atoms with E-state index < -0.39 is 6.10 Å². The number of aliphatic hydroxyl groups is 1. The van der Waals surface area contributed by atoms with Gasteiger partial charge in [0.15, 0.2) is 0 Å². The van der Waals surface area contributed by atoms with Crippen molar-refractivity contribution in [2.45, 2.75) is 39.4 Å². The Morgan fingerprint density at radius 1 is 1.32 bits per heavy atom. The van der Waals surface area contributed by atoms with Crippen LogP contribution >= 0.6 is 0 Å². The van der Waals surface area contributed by atoms with Crippen molar-refractivity contribution in [2.75, 3.05) is 32.1 Å². The van der Waals surface area contributed by atoms with Crippen molar-refractivity contribution in [3.63, 3.8) is 0 Å². The van der Waals surface area contributed by atoms with Crippen LogP contribution in [0.25, 0.3) is 0 Å². The molecule has 1 rings (SSSR count). The van der Waals surface area contributed by atoms with Crippen LogP contribution in [0.15, 0.2) is 24.3 Å². The van der Waals surface area contributed by atoms with Crippen LogP contribution in [0.5, 0.6) is 0 Å². The second-order valence-electron chi connectivity index (χ2n) is 6.69. The molecule has 0 spiro atoms. The number of rotatable bonds is 7. The molecule has 0 aromatic heterocycles. The second kappa shape index (κ2) is 8.27. The van der Waals surface area contributed by atoms with Gasteiger partial charge >= 0.3 is 0 Å². The third-order valence-corrected chi connectivity index (χ3v) is 2.98. The first-order valence-corrected chi connectivity index (χ1v) is 7.53. The van der Waals surface area contributed by atoms with Crippen LogP contribution < -0.4 is 5.32 Å². The standard InChI is InChI=1S/C17H28N2O3/c1-13-6-8-14(9-7-13)18-16(21)11-19(5)10-15(20)12-22-17(2,3)4/h6-9,15,20H,10-12H2,1-5H3,(H,18,21). The highest BCUT2D eigenvalue weighted by Gasteiger charge is 2.16. The predicted molar refractivity (Wildman–Crippen MR) is 89.0 cm³/mol. The number of hydrogen-bond acceptors (Lipinski definition) is 4. The average molecular weight is 308 g/mol. The van der Waals surface area contributed by atoms with E-state index in [1.165, 1.54) is 0 Å². The molecule has 0 fully saturated rings. The molecule has 22 heavy (non-hydrogen) atoms. The number of likely N-dealkylation sites (N-methyl/N-ethyl adjacent to an activating group) is 1. The fourth-order valence-electron chi connectivity index (χ4n) is 1.91. The lowest BCUT2D eigenvalue weighted by molar-refractivity contribution is -0.117. The van der Waals surface area contributed by atoms with E-state index in [4.69, 9.17) is 4.74 Å².